The Labute approximate surface area is 151 Å². The van der Waals surface area contributed by atoms with Crippen molar-refractivity contribution >= 4 is 22.9 Å². The van der Waals surface area contributed by atoms with Crippen LogP contribution in [0.15, 0.2) is 65.8 Å². The Morgan fingerprint density at radius 2 is 1.96 bits per heavy atom. The molecule has 132 valence electrons. The molecular weight excluding hydrogens is 328 g/mol. The van der Waals surface area contributed by atoms with E-state index in [1.54, 1.807) is 12.1 Å². The molecule has 3 aromatic carbocycles. The quantitative estimate of drug-likeness (QED) is 0.528. The van der Waals surface area contributed by atoms with Crippen LogP contribution >= 0.6 is 0 Å². The van der Waals surface area contributed by atoms with Gasteiger partial charge in [-0.2, -0.15) is 5.10 Å². The Morgan fingerprint density at radius 3 is 2.81 bits per heavy atom. The van der Waals surface area contributed by atoms with Crippen molar-refractivity contribution in [2.24, 2.45) is 5.10 Å². The van der Waals surface area contributed by atoms with Crippen LogP contribution in [0.25, 0.3) is 10.8 Å². The summed E-state index contributed by atoms with van der Waals surface area (Å²) in [5.41, 5.74) is 3.92. The Kier molecular flexibility index (Phi) is 5.49. The first-order valence-electron chi connectivity index (χ1n) is 8.41. The molecule has 1 amide bonds. The Morgan fingerprint density at radius 1 is 1.15 bits per heavy atom. The molecule has 0 aromatic heterocycles. The smallest absolute Gasteiger partial charge is 0.244 e. The van der Waals surface area contributed by atoms with Gasteiger partial charge in [0.1, 0.15) is 11.5 Å². The highest BCUT2D eigenvalue weighted by atomic mass is 16.5. The number of phenolic OH excluding ortho intramolecular Hbond substituents is 1. The second-order valence-corrected chi connectivity index (χ2v) is 5.76. The fourth-order valence-electron chi connectivity index (χ4n) is 2.73. The molecule has 0 aliphatic carbocycles. The summed E-state index contributed by atoms with van der Waals surface area (Å²) in [6, 6.07) is 18.7. The number of phenols is 1. The van der Waals surface area contributed by atoms with Gasteiger partial charge in [-0.1, -0.05) is 42.5 Å². The number of nitrogens with zero attached hydrogens (tertiary/aromatic N) is 1. The molecule has 0 radical (unpaired) electrons. The summed E-state index contributed by atoms with van der Waals surface area (Å²) in [7, 11) is 0. The standard InChI is InChI=1S/C21H20N2O3/c1-2-26-18-10-11-20(24)17(12-18)14-22-23-21(25)13-16-8-5-7-15-6-3-4-9-19(15)16/h3-12,14,24H,2,13H2,1H3,(H,23,25)/b22-14+. The molecule has 0 bridgehead atoms. The van der Waals surface area contributed by atoms with Gasteiger partial charge < -0.3 is 9.84 Å². The molecule has 5 nitrogen and oxygen atoms in total. The SMILES string of the molecule is CCOc1ccc(O)c(/C=N/NC(=O)Cc2cccc3ccccc23)c1. The van der Waals surface area contributed by atoms with Crippen LogP contribution in [-0.2, 0) is 11.2 Å². The zero-order valence-corrected chi connectivity index (χ0v) is 14.5. The van der Waals surface area contributed by atoms with E-state index in [9.17, 15) is 9.90 Å². The van der Waals surface area contributed by atoms with E-state index in [4.69, 9.17) is 4.74 Å². The molecule has 0 heterocycles. The summed E-state index contributed by atoms with van der Waals surface area (Å²) in [4.78, 5) is 12.2. The number of carbonyl (C=O) groups is 1. The van der Waals surface area contributed by atoms with Crippen molar-refractivity contribution in [3.63, 3.8) is 0 Å². The maximum atomic E-state index is 12.2. The van der Waals surface area contributed by atoms with Gasteiger partial charge in [0.25, 0.3) is 0 Å². The summed E-state index contributed by atoms with van der Waals surface area (Å²) in [6.07, 6.45) is 1.63. The van der Waals surface area contributed by atoms with Gasteiger partial charge in [0, 0.05) is 5.56 Å². The lowest BCUT2D eigenvalue weighted by atomic mass is 10.0. The van der Waals surface area contributed by atoms with Crippen molar-refractivity contribution in [2.45, 2.75) is 13.3 Å². The number of fused-ring (bicyclic) bond motifs is 1. The van der Waals surface area contributed by atoms with Crippen LogP contribution < -0.4 is 10.2 Å². The summed E-state index contributed by atoms with van der Waals surface area (Å²) in [6.45, 7) is 2.41. The van der Waals surface area contributed by atoms with Crippen molar-refractivity contribution in [3.8, 4) is 11.5 Å². The Bertz CT molecular complexity index is 946. The van der Waals surface area contributed by atoms with Crippen LogP contribution in [0.5, 0.6) is 11.5 Å². The van der Waals surface area contributed by atoms with Crippen molar-refractivity contribution in [3.05, 3.63) is 71.8 Å². The number of nitrogens with one attached hydrogen (secondary N) is 1. The second-order valence-electron chi connectivity index (χ2n) is 5.76. The average Bonchev–Trinajstić information content (AvgIpc) is 2.65. The monoisotopic (exact) mass is 348 g/mol. The fourth-order valence-corrected chi connectivity index (χ4v) is 2.73. The predicted molar refractivity (Wildman–Crippen MR) is 103 cm³/mol. The predicted octanol–water partition coefficient (Wildman–Crippen LogP) is 3.64. The van der Waals surface area contributed by atoms with Crippen molar-refractivity contribution in [1.29, 1.82) is 0 Å². The van der Waals surface area contributed by atoms with Crippen LogP contribution in [0.1, 0.15) is 18.1 Å². The molecule has 0 saturated carbocycles. The molecule has 26 heavy (non-hydrogen) atoms. The average molecular weight is 348 g/mol. The van der Waals surface area contributed by atoms with Crippen LogP contribution in [0.3, 0.4) is 0 Å². The summed E-state index contributed by atoms with van der Waals surface area (Å²) in [5.74, 6) is 0.479. The van der Waals surface area contributed by atoms with E-state index in [-0.39, 0.29) is 18.1 Å². The number of hydrogen-bond acceptors (Lipinski definition) is 4. The van der Waals surface area contributed by atoms with E-state index in [1.165, 1.54) is 12.3 Å². The van der Waals surface area contributed by atoms with Crippen molar-refractivity contribution < 1.29 is 14.6 Å². The molecule has 3 aromatic rings. The second kappa shape index (κ2) is 8.16. The number of benzene rings is 3. The fraction of sp³-hybridized carbons (Fsp3) is 0.143. The lowest BCUT2D eigenvalue weighted by molar-refractivity contribution is -0.120. The van der Waals surface area contributed by atoms with E-state index in [0.717, 1.165) is 16.3 Å². The number of hydrogen-bond donors (Lipinski definition) is 2. The third kappa shape index (κ3) is 4.19. The molecule has 2 N–H and O–H groups in total. The minimum atomic E-state index is -0.224. The summed E-state index contributed by atoms with van der Waals surface area (Å²) < 4.78 is 5.39. The van der Waals surface area contributed by atoms with Crippen LogP contribution in [0.4, 0.5) is 0 Å². The summed E-state index contributed by atoms with van der Waals surface area (Å²) in [5, 5.41) is 16.0. The number of amides is 1. The third-order valence-corrected chi connectivity index (χ3v) is 3.93. The molecule has 3 rings (SSSR count). The lowest BCUT2D eigenvalue weighted by Crippen LogP contribution is -2.19. The molecule has 5 heteroatoms. The highest BCUT2D eigenvalue weighted by Crippen LogP contribution is 2.21. The zero-order valence-electron chi connectivity index (χ0n) is 14.5. The molecular formula is C21H20N2O3. The van der Waals surface area contributed by atoms with Crippen molar-refractivity contribution in [2.75, 3.05) is 6.61 Å². The molecule has 0 unspecified atom stereocenters. The number of rotatable bonds is 6. The Hall–Kier alpha value is -3.34. The normalized spacial score (nSPS) is 11.0. The van der Waals surface area contributed by atoms with Gasteiger partial charge in [-0.25, -0.2) is 5.43 Å². The minimum absolute atomic E-state index is 0.0699. The van der Waals surface area contributed by atoms with Crippen LogP contribution in [0.2, 0.25) is 0 Å². The highest BCUT2D eigenvalue weighted by molar-refractivity contribution is 5.91. The van der Waals surface area contributed by atoms with Crippen LogP contribution in [-0.4, -0.2) is 23.8 Å². The molecule has 0 saturated heterocycles. The topological polar surface area (TPSA) is 70.9 Å². The minimum Gasteiger partial charge on any atom is -0.507 e. The first kappa shape index (κ1) is 17.5. The number of ether oxygens (including phenoxy) is 1. The van der Waals surface area contributed by atoms with E-state index < -0.39 is 0 Å². The number of carbonyl (C=O) groups excluding carboxylic acids is 1. The van der Waals surface area contributed by atoms with E-state index >= 15 is 0 Å². The molecule has 0 spiro atoms. The molecule has 0 fully saturated rings. The maximum absolute atomic E-state index is 12.2. The number of hydrazone groups is 1. The highest BCUT2D eigenvalue weighted by Gasteiger charge is 2.06. The Balaban J connectivity index is 1.67. The first-order valence-corrected chi connectivity index (χ1v) is 8.41. The summed E-state index contributed by atoms with van der Waals surface area (Å²) >= 11 is 0. The van der Waals surface area contributed by atoms with Gasteiger partial charge in [0.05, 0.1) is 19.2 Å². The van der Waals surface area contributed by atoms with E-state index in [2.05, 4.69) is 10.5 Å². The van der Waals surface area contributed by atoms with Gasteiger partial charge in [-0.05, 0) is 41.5 Å². The molecule has 0 aliphatic heterocycles. The van der Waals surface area contributed by atoms with E-state index in [0.29, 0.717) is 17.9 Å². The number of aromatic hydroxyl groups is 1. The van der Waals surface area contributed by atoms with Gasteiger partial charge in [-0.15, -0.1) is 0 Å². The van der Waals surface area contributed by atoms with E-state index in [1.807, 2.05) is 49.4 Å². The van der Waals surface area contributed by atoms with Crippen molar-refractivity contribution in [1.82, 2.24) is 5.43 Å². The zero-order chi connectivity index (χ0) is 18.4. The molecule has 0 atom stereocenters. The third-order valence-electron chi connectivity index (χ3n) is 3.93. The lowest BCUT2D eigenvalue weighted by Gasteiger charge is -2.06. The van der Waals surface area contributed by atoms with Gasteiger partial charge in [0.2, 0.25) is 5.91 Å². The van der Waals surface area contributed by atoms with Gasteiger partial charge in [-0.3, -0.25) is 4.79 Å². The van der Waals surface area contributed by atoms with Crippen LogP contribution in [0, 0.1) is 0 Å². The maximum Gasteiger partial charge on any atom is 0.244 e. The molecule has 0 aliphatic rings. The van der Waals surface area contributed by atoms with Gasteiger partial charge >= 0.3 is 0 Å². The largest absolute Gasteiger partial charge is 0.507 e. The first-order chi connectivity index (χ1) is 12.7. The van der Waals surface area contributed by atoms with Gasteiger partial charge in [0.15, 0.2) is 0 Å².